The molecule has 0 radical (unpaired) electrons. The van der Waals surface area contributed by atoms with Gasteiger partial charge in [-0.3, -0.25) is 9.52 Å². The van der Waals surface area contributed by atoms with Gasteiger partial charge in [-0.25, -0.2) is 8.42 Å². The van der Waals surface area contributed by atoms with Crippen molar-refractivity contribution in [1.29, 1.82) is 0 Å². The number of anilines is 2. The van der Waals surface area contributed by atoms with E-state index in [1.165, 1.54) is 5.56 Å². The summed E-state index contributed by atoms with van der Waals surface area (Å²) in [4.78, 5) is 12.1. The van der Waals surface area contributed by atoms with Crippen molar-refractivity contribution in [3.63, 3.8) is 0 Å². The van der Waals surface area contributed by atoms with Crippen molar-refractivity contribution in [3.05, 3.63) is 59.7 Å². The number of carbonyl (C=O) groups is 1. The largest absolute Gasteiger partial charge is 0.322 e. The number of sulfonamides is 1. The number of nitrogens with one attached hydrogen (secondary N) is 2. The van der Waals surface area contributed by atoms with Crippen LogP contribution in [0.2, 0.25) is 0 Å². The second-order valence-corrected chi connectivity index (χ2v) is 6.70. The van der Waals surface area contributed by atoms with Gasteiger partial charge in [0, 0.05) is 16.9 Å². The second kappa shape index (κ2) is 6.62. The zero-order valence-corrected chi connectivity index (χ0v) is 13.3. The molecule has 116 valence electrons. The molecule has 2 N–H and O–H groups in total. The van der Waals surface area contributed by atoms with E-state index in [2.05, 4.69) is 17.0 Å². The minimum atomic E-state index is -3.32. The smallest absolute Gasteiger partial charge is 0.255 e. The predicted molar refractivity (Wildman–Crippen MR) is 88.7 cm³/mol. The zero-order valence-electron chi connectivity index (χ0n) is 12.5. The maximum atomic E-state index is 12.1. The molecule has 0 unspecified atom stereocenters. The third kappa shape index (κ3) is 4.60. The van der Waals surface area contributed by atoms with Gasteiger partial charge in [0.15, 0.2) is 0 Å². The van der Waals surface area contributed by atoms with Crippen molar-refractivity contribution in [1.82, 2.24) is 0 Å². The molecule has 6 heteroatoms. The van der Waals surface area contributed by atoms with Gasteiger partial charge in [0.1, 0.15) is 0 Å². The number of hydrogen-bond acceptors (Lipinski definition) is 3. The molecule has 0 aliphatic heterocycles. The molecule has 5 nitrogen and oxygen atoms in total. The van der Waals surface area contributed by atoms with Crippen molar-refractivity contribution < 1.29 is 13.2 Å². The lowest BCUT2D eigenvalue weighted by atomic mass is 10.1. The molecule has 0 bridgehead atoms. The van der Waals surface area contributed by atoms with Crippen LogP contribution in [0.15, 0.2) is 48.5 Å². The monoisotopic (exact) mass is 318 g/mol. The first-order chi connectivity index (χ1) is 10.4. The predicted octanol–water partition coefficient (Wildman–Crippen LogP) is 2.87. The zero-order chi connectivity index (χ0) is 16.2. The van der Waals surface area contributed by atoms with Gasteiger partial charge in [-0.05, 0) is 48.4 Å². The van der Waals surface area contributed by atoms with E-state index in [0.29, 0.717) is 11.3 Å². The quantitative estimate of drug-likeness (QED) is 0.890. The van der Waals surface area contributed by atoms with Crippen molar-refractivity contribution in [2.45, 2.75) is 13.3 Å². The van der Waals surface area contributed by atoms with E-state index in [-0.39, 0.29) is 5.91 Å². The van der Waals surface area contributed by atoms with Crippen LogP contribution in [0.5, 0.6) is 0 Å². The Bertz CT molecular complexity index is 751. The van der Waals surface area contributed by atoms with E-state index in [1.54, 1.807) is 24.3 Å². The molecule has 0 aliphatic rings. The highest BCUT2D eigenvalue weighted by atomic mass is 32.2. The summed E-state index contributed by atoms with van der Waals surface area (Å²) in [6, 6.07) is 13.9. The fraction of sp³-hybridized carbons (Fsp3) is 0.188. The summed E-state index contributed by atoms with van der Waals surface area (Å²) in [6.07, 6.45) is 2.02. The van der Waals surface area contributed by atoms with Gasteiger partial charge in [0.25, 0.3) is 5.91 Å². The van der Waals surface area contributed by atoms with Crippen LogP contribution in [0.3, 0.4) is 0 Å². The molecular weight excluding hydrogens is 300 g/mol. The Morgan fingerprint density at radius 3 is 2.00 bits per heavy atom. The van der Waals surface area contributed by atoms with Crippen LogP contribution >= 0.6 is 0 Å². The molecule has 0 saturated heterocycles. The van der Waals surface area contributed by atoms with E-state index in [9.17, 15) is 13.2 Å². The number of carbonyl (C=O) groups excluding carboxylic acids is 1. The molecule has 2 aromatic carbocycles. The summed E-state index contributed by atoms with van der Waals surface area (Å²) < 4.78 is 24.6. The second-order valence-electron chi connectivity index (χ2n) is 4.96. The van der Waals surface area contributed by atoms with Crippen molar-refractivity contribution >= 4 is 27.3 Å². The standard InChI is InChI=1S/C16H18N2O3S/c1-3-12-4-8-14(9-5-12)17-16(19)13-6-10-15(11-7-13)18-22(2,20)21/h4-11,18H,3H2,1-2H3,(H,17,19). The molecule has 0 atom stereocenters. The Balaban J connectivity index is 2.05. The van der Waals surface area contributed by atoms with Crippen LogP contribution in [0.1, 0.15) is 22.8 Å². The highest BCUT2D eigenvalue weighted by molar-refractivity contribution is 7.92. The van der Waals surface area contributed by atoms with E-state index in [4.69, 9.17) is 0 Å². The molecule has 2 aromatic rings. The summed E-state index contributed by atoms with van der Waals surface area (Å²) >= 11 is 0. The SMILES string of the molecule is CCc1ccc(NC(=O)c2ccc(NS(C)(=O)=O)cc2)cc1. The third-order valence-corrected chi connectivity index (χ3v) is 3.68. The Morgan fingerprint density at radius 2 is 1.50 bits per heavy atom. The number of aryl methyl sites for hydroxylation is 1. The normalized spacial score (nSPS) is 11.0. The van der Waals surface area contributed by atoms with Crippen molar-refractivity contribution in [2.24, 2.45) is 0 Å². The fourth-order valence-corrected chi connectivity index (χ4v) is 2.49. The third-order valence-electron chi connectivity index (χ3n) is 3.07. The van der Waals surface area contributed by atoms with Gasteiger partial charge in [-0.1, -0.05) is 19.1 Å². The maximum Gasteiger partial charge on any atom is 0.255 e. The lowest BCUT2D eigenvalue weighted by molar-refractivity contribution is 0.102. The highest BCUT2D eigenvalue weighted by Gasteiger charge is 2.07. The van der Waals surface area contributed by atoms with Crippen LogP contribution in [0.4, 0.5) is 11.4 Å². The molecular formula is C16H18N2O3S. The van der Waals surface area contributed by atoms with Gasteiger partial charge < -0.3 is 5.32 Å². The van der Waals surface area contributed by atoms with Crippen LogP contribution in [0, 0.1) is 0 Å². The molecule has 2 rings (SSSR count). The Kier molecular flexibility index (Phi) is 4.82. The Labute approximate surface area is 130 Å². The summed E-state index contributed by atoms with van der Waals surface area (Å²) in [7, 11) is -3.32. The minimum absolute atomic E-state index is 0.241. The van der Waals surface area contributed by atoms with E-state index in [0.717, 1.165) is 18.4 Å². The molecule has 0 aromatic heterocycles. The molecule has 22 heavy (non-hydrogen) atoms. The molecule has 1 amide bonds. The van der Waals surface area contributed by atoms with Gasteiger partial charge in [-0.15, -0.1) is 0 Å². The van der Waals surface area contributed by atoms with E-state index >= 15 is 0 Å². The molecule has 0 aliphatic carbocycles. The van der Waals surface area contributed by atoms with Crippen LogP contribution < -0.4 is 10.0 Å². The topological polar surface area (TPSA) is 75.3 Å². The van der Waals surface area contributed by atoms with Crippen molar-refractivity contribution in [3.8, 4) is 0 Å². The first kappa shape index (κ1) is 16.0. The summed E-state index contributed by atoms with van der Waals surface area (Å²) in [5, 5.41) is 2.80. The van der Waals surface area contributed by atoms with Crippen molar-refractivity contribution in [2.75, 3.05) is 16.3 Å². The average molecular weight is 318 g/mol. The number of rotatable bonds is 5. The summed E-state index contributed by atoms with van der Waals surface area (Å²) in [5.74, 6) is -0.241. The van der Waals surface area contributed by atoms with Crippen LogP contribution in [0.25, 0.3) is 0 Å². The van der Waals surface area contributed by atoms with Gasteiger partial charge in [0.05, 0.1) is 6.26 Å². The first-order valence-electron chi connectivity index (χ1n) is 6.85. The molecule has 0 heterocycles. The van der Waals surface area contributed by atoms with E-state index in [1.807, 2.05) is 24.3 Å². The molecule has 0 saturated carbocycles. The Hall–Kier alpha value is -2.34. The molecule has 0 fully saturated rings. The maximum absolute atomic E-state index is 12.1. The molecule has 0 spiro atoms. The van der Waals surface area contributed by atoms with Crippen LogP contribution in [-0.2, 0) is 16.4 Å². The lowest BCUT2D eigenvalue weighted by Gasteiger charge is -2.07. The fourth-order valence-electron chi connectivity index (χ4n) is 1.93. The Morgan fingerprint density at radius 1 is 0.955 bits per heavy atom. The summed E-state index contributed by atoms with van der Waals surface area (Å²) in [6.45, 7) is 2.07. The highest BCUT2D eigenvalue weighted by Crippen LogP contribution is 2.14. The average Bonchev–Trinajstić information content (AvgIpc) is 2.47. The van der Waals surface area contributed by atoms with Gasteiger partial charge >= 0.3 is 0 Å². The lowest BCUT2D eigenvalue weighted by Crippen LogP contribution is -2.13. The first-order valence-corrected chi connectivity index (χ1v) is 8.74. The van der Waals surface area contributed by atoms with E-state index < -0.39 is 10.0 Å². The van der Waals surface area contributed by atoms with Gasteiger partial charge in [-0.2, -0.15) is 0 Å². The summed E-state index contributed by atoms with van der Waals surface area (Å²) in [5.41, 5.74) is 2.81. The number of amides is 1. The minimum Gasteiger partial charge on any atom is -0.322 e. The van der Waals surface area contributed by atoms with Gasteiger partial charge in [0.2, 0.25) is 10.0 Å². The number of benzene rings is 2. The van der Waals surface area contributed by atoms with Crippen LogP contribution in [-0.4, -0.2) is 20.6 Å². The number of hydrogen-bond donors (Lipinski definition) is 2.